The number of nitrogens with zero attached hydrogens (tertiary/aromatic N) is 3. The predicted molar refractivity (Wildman–Crippen MR) is 122 cm³/mol. The van der Waals surface area contributed by atoms with Crippen molar-refractivity contribution in [2.24, 2.45) is 5.92 Å². The minimum absolute atomic E-state index is 0.0387. The molecule has 1 saturated heterocycles. The molecule has 5 rings (SSSR count). The Morgan fingerprint density at radius 2 is 1.97 bits per heavy atom. The third-order valence-corrected chi connectivity index (χ3v) is 6.88. The van der Waals surface area contributed by atoms with Gasteiger partial charge < -0.3 is 5.32 Å². The number of halogens is 1. The highest BCUT2D eigenvalue weighted by Crippen LogP contribution is 2.55. The maximum absolute atomic E-state index is 13.9. The first-order valence-electron chi connectivity index (χ1n) is 10.4. The van der Waals surface area contributed by atoms with Crippen molar-refractivity contribution < 1.29 is 14.5 Å². The van der Waals surface area contributed by atoms with Crippen molar-refractivity contribution in [2.75, 3.05) is 18.9 Å². The van der Waals surface area contributed by atoms with Crippen LogP contribution in [0.4, 0.5) is 11.4 Å². The highest BCUT2D eigenvalue weighted by atomic mass is 35.5. The first-order valence-corrected chi connectivity index (χ1v) is 10.7. The van der Waals surface area contributed by atoms with Crippen LogP contribution in [0.25, 0.3) is 0 Å². The van der Waals surface area contributed by atoms with Gasteiger partial charge >= 0.3 is 0 Å². The number of carbonyl (C=O) groups excluding carboxylic acids is 2. The molecule has 1 N–H and O–H groups in total. The highest BCUT2D eigenvalue weighted by Gasteiger charge is 2.64. The number of non-ortho nitro benzene ring substituents is 1. The van der Waals surface area contributed by atoms with Crippen LogP contribution in [0.1, 0.15) is 27.5 Å². The second-order valence-corrected chi connectivity index (χ2v) is 8.74. The minimum atomic E-state index is -1.29. The molecule has 0 radical (unpaired) electrons. The molecule has 1 spiro atoms. The number of anilines is 1. The molecule has 166 valence electrons. The summed E-state index contributed by atoms with van der Waals surface area (Å²) in [6.45, 7) is 0.389. The van der Waals surface area contributed by atoms with E-state index in [4.69, 9.17) is 11.6 Å². The number of likely N-dealkylation sites (N-methyl/N-ethyl adjacent to an activating group) is 1. The van der Waals surface area contributed by atoms with E-state index in [0.29, 0.717) is 22.8 Å². The van der Waals surface area contributed by atoms with Gasteiger partial charge in [0.1, 0.15) is 11.2 Å². The average molecular weight is 463 g/mol. The van der Waals surface area contributed by atoms with Crippen LogP contribution >= 0.6 is 11.6 Å². The lowest BCUT2D eigenvalue weighted by Crippen LogP contribution is -2.51. The number of benzene rings is 2. The van der Waals surface area contributed by atoms with Crippen LogP contribution in [0, 0.1) is 16.0 Å². The van der Waals surface area contributed by atoms with Crippen LogP contribution in [0.15, 0.2) is 66.9 Å². The average Bonchev–Trinajstić information content (AvgIpc) is 3.29. The van der Waals surface area contributed by atoms with E-state index in [0.717, 1.165) is 5.56 Å². The number of pyridine rings is 1. The fraction of sp³-hybridized carbons (Fsp3) is 0.208. The van der Waals surface area contributed by atoms with Gasteiger partial charge in [-0.25, -0.2) is 0 Å². The molecule has 0 saturated carbocycles. The number of carbonyl (C=O) groups is 2. The Balaban J connectivity index is 1.71. The standard InChI is InChI=1S/C24H19ClN4O4/c1-28-13-17(14-5-8-16(9-6-14)29(32)33)21(22(30)20-4-2-3-11-26-20)24(28)18-12-15(25)7-10-19(18)27-23(24)31/h2-12,17,21H,13H2,1H3,(H,27,31)/t17-,21+,24-/m1/s1. The van der Waals surface area contributed by atoms with E-state index in [1.165, 1.54) is 12.1 Å². The zero-order chi connectivity index (χ0) is 23.3. The summed E-state index contributed by atoms with van der Waals surface area (Å²) in [5.74, 6) is -1.80. The molecule has 0 bridgehead atoms. The van der Waals surface area contributed by atoms with Gasteiger partial charge in [0, 0.05) is 47.1 Å². The summed E-state index contributed by atoms with van der Waals surface area (Å²) in [7, 11) is 1.81. The Kier molecular flexibility index (Phi) is 4.99. The summed E-state index contributed by atoms with van der Waals surface area (Å²) in [5.41, 5.74) is 0.916. The largest absolute Gasteiger partial charge is 0.324 e. The molecule has 3 aromatic rings. The number of nitrogens with one attached hydrogen (secondary N) is 1. The summed E-state index contributed by atoms with van der Waals surface area (Å²) in [4.78, 5) is 44.3. The fourth-order valence-electron chi connectivity index (χ4n) is 5.22. The van der Waals surface area contributed by atoms with E-state index in [1.54, 1.807) is 61.8 Å². The Hall–Kier alpha value is -3.62. The summed E-state index contributed by atoms with van der Waals surface area (Å²) < 4.78 is 0. The van der Waals surface area contributed by atoms with Crippen LogP contribution in [-0.2, 0) is 10.3 Å². The number of fused-ring (bicyclic) bond motifs is 2. The molecule has 2 aliphatic heterocycles. The molecule has 33 heavy (non-hydrogen) atoms. The summed E-state index contributed by atoms with van der Waals surface area (Å²) >= 11 is 6.31. The highest BCUT2D eigenvalue weighted by molar-refractivity contribution is 6.31. The van der Waals surface area contributed by atoms with Crippen molar-refractivity contribution in [3.8, 4) is 0 Å². The van der Waals surface area contributed by atoms with E-state index >= 15 is 0 Å². The summed E-state index contributed by atoms with van der Waals surface area (Å²) in [6, 6.07) is 16.4. The molecule has 0 unspecified atom stereocenters. The molecular weight excluding hydrogens is 444 g/mol. The molecule has 2 aromatic carbocycles. The monoisotopic (exact) mass is 462 g/mol. The SMILES string of the molecule is CN1C[C@H](c2ccc([N+](=O)[O-])cc2)[C@@H](C(=O)c2ccccn2)[C@]12C(=O)Nc1ccc(Cl)cc12. The smallest absolute Gasteiger partial charge is 0.269 e. The molecular formula is C24H19ClN4O4. The maximum Gasteiger partial charge on any atom is 0.269 e. The summed E-state index contributed by atoms with van der Waals surface area (Å²) in [5, 5.41) is 14.5. The fourth-order valence-corrected chi connectivity index (χ4v) is 5.39. The lowest BCUT2D eigenvalue weighted by molar-refractivity contribution is -0.384. The van der Waals surface area contributed by atoms with Crippen molar-refractivity contribution in [2.45, 2.75) is 11.5 Å². The van der Waals surface area contributed by atoms with E-state index in [9.17, 15) is 19.7 Å². The Labute approximate surface area is 194 Å². The molecule has 9 heteroatoms. The molecule has 2 aliphatic rings. The number of nitro groups is 1. The third kappa shape index (κ3) is 3.13. The first-order chi connectivity index (χ1) is 15.8. The van der Waals surface area contributed by atoms with Crippen LogP contribution in [-0.4, -0.2) is 40.1 Å². The van der Waals surface area contributed by atoms with E-state index in [2.05, 4.69) is 10.3 Å². The number of nitro benzene ring substituents is 1. The number of Topliss-reactive ketones (excluding diaryl/α,β-unsaturated/α-hetero) is 1. The van der Waals surface area contributed by atoms with Crippen molar-refractivity contribution in [1.29, 1.82) is 0 Å². The lowest BCUT2D eigenvalue weighted by atomic mass is 9.71. The second-order valence-electron chi connectivity index (χ2n) is 8.30. The van der Waals surface area contributed by atoms with Crippen LogP contribution in [0.3, 0.4) is 0 Å². The van der Waals surface area contributed by atoms with Gasteiger partial charge in [0.15, 0.2) is 5.78 Å². The quantitative estimate of drug-likeness (QED) is 0.356. The Morgan fingerprint density at radius 3 is 2.64 bits per heavy atom. The van der Waals surface area contributed by atoms with Gasteiger partial charge in [-0.3, -0.25) is 29.6 Å². The zero-order valence-corrected chi connectivity index (χ0v) is 18.3. The Bertz CT molecular complexity index is 1280. The minimum Gasteiger partial charge on any atom is -0.324 e. The number of aromatic nitrogens is 1. The van der Waals surface area contributed by atoms with E-state index < -0.39 is 22.3 Å². The van der Waals surface area contributed by atoms with Gasteiger partial charge in [0.2, 0.25) is 5.91 Å². The number of hydrogen-bond donors (Lipinski definition) is 1. The molecule has 1 fully saturated rings. The lowest BCUT2D eigenvalue weighted by Gasteiger charge is -2.35. The predicted octanol–water partition coefficient (Wildman–Crippen LogP) is 4.02. The van der Waals surface area contributed by atoms with Crippen molar-refractivity contribution in [3.05, 3.63) is 98.8 Å². The summed E-state index contributed by atoms with van der Waals surface area (Å²) in [6.07, 6.45) is 1.54. The number of hydrogen-bond acceptors (Lipinski definition) is 6. The normalized spacial score (nSPS) is 24.0. The van der Waals surface area contributed by atoms with Crippen molar-refractivity contribution in [1.82, 2.24) is 9.88 Å². The van der Waals surface area contributed by atoms with Gasteiger partial charge in [-0.05, 0) is 42.9 Å². The molecule has 0 aliphatic carbocycles. The van der Waals surface area contributed by atoms with Gasteiger partial charge in [-0.1, -0.05) is 29.8 Å². The van der Waals surface area contributed by atoms with Gasteiger partial charge in [-0.15, -0.1) is 0 Å². The van der Waals surface area contributed by atoms with Crippen LogP contribution in [0.5, 0.6) is 0 Å². The van der Waals surface area contributed by atoms with E-state index in [1.807, 2.05) is 4.90 Å². The van der Waals surface area contributed by atoms with Crippen LogP contribution < -0.4 is 5.32 Å². The molecule has 1 aromatic heterocycles. The van der Waals surface area contributed by atoms with Crippen molar-refractivity contribution in [3.63, 3.8) is 0 Å². The Morgan fingerprint density at radius 1 is 1.21 bits per heavy atom. The first kappa shape index (κ1) is 21.2. The third-order valence-electron chi connectivity index (χ3n) is 6.64. The molecule has 8 nitrogen and oxygen atoms in total. The second kappa shape index (κ2) is 7.75. The molecule has 3 atom stereocenters. The number of likely N-dealkylation sites (tertiary alicyclic amines) is 1. The van der Waals surface area contributed by atoms with Crippen molar-refractivity contribution >= 4 is 34.7 Å². The topological polar surface area (TPSA) is 105 Å². The van der Waals surface area contributed by atoms with Gasteiger partial charge in [-0.2, -0.15) is 0 Å². The number of amides is 1. The van der Waals surface area contributed by atoms with Gasteiger partial charge in [0.25, 0.3) is 5.69 Å². The number of rotatable bonds is 4. The van der Waals surface area contributed by atoms with Gasteiger partial charge in [0.05, 0.1) is 10.8 Å². The zero-order valence-electron chi connectivity index (χ0n) is 17.6. The maximum atomic E-state index is 13.9. The van der Waals surface area contributed by atoms with Crippen LogP contribution in [0.2, 0.25) is 5.02 Å². The number of ketones is 1. The van der Waals surface area contributed by atoms with E-state index in [-0.39, 0.29) is 23.1 Å². The molecule has 1 amide bonds. The molecule has 3 heterocycles.